The maximum absolute atomic E-state index is 9.09. The van der Waals surface area contributed by atoms with Crippen LogP contribution in [0.2, 0.25) is 0 Å². The molecule has 1 aromatic carbocycles. The zero-order valence-corrected chi connectivity index (χ0v) is 12.6. The summed E-state index contributed by atoms with van der Waals surface area (Å²) < 4.78 is 6.87. The molecule has 17 heavy (non-hydrogen) atoms. The molecule has 0 aliphatic heterocycles. The Kier molecular flexibility index (Phi) is 6.84. The molecule has 0 bridgehead atoms. The summed E-state index contributed by atoms with van der Waals surface area (Å²) in [6.45, 7) is 6.38. The summed E-state index contributed by atoms with van der Waals surface area (Å²) >= 11 is 2.30. The van der Waals surface area contributed by atoms with Gasteiger partial charge in [0.25, 0.3) is 0 Å². The van der Waals surface area contributed by atoms with E-state index in [9.17, 15) is 0 Å². The minimum absolute atomic E-state index is 0.228. The van der Waals surface area contributed by atoms with Crippen LogP contribution in [-0.4, -0.2) is 30.9 Å². The van der Waals surface area contributed by atoms with Crippen LogP contribution in [0.5, 0.6) is 5.75 Å². The third kappa shape index (κ3) is 6.24. The van der Waals surface area contributed by atoms with Crippen molar-refractivity contribution < 1.29 is 15.2 Å². The van der Waals surface area contributed by atoms with E-state index in [2.05, 4.69) is 47.0 Å². The molecular formula is C13H21INO2+. The van der Waals surface area contributed by atoms with Crippen LogP contribution in [0.3, 0.4) is 0 Å². The van der Waals surface area contributed by atoms with E-state index in [-0.39, 0.29) is 6.10 Å². The average Bonchev–Trinajstić information content (AvgIpc) is 2.25. The first kappa shape index (κ1) is 14.7. The van der Waals surface area contributed by atoms with Crippen LogP contribution in [0, 0.1) is 10.5 Å². The SMILES string of the molecule is Cc1ccc(OCCC[NH2+]C[C@@H](C)O)c(I)c1. The van der Waals surface area contributed by atoms with Gasteiger partial charge in [-0.15, -0.1) is 0 Å². The number of quaternary nitrogens is 1. The summed E-state index contributed by atoms with van der Waals surface area (Å²) in [6, 6.07) is 6.21. The molecule has 0 aromatic heterocycles. The Morgan fingerprint density at radius 2 is 2.24 bits per heavy atom. The first-order chi connectivity index (χ1) is 8.09. The molecule has 0 aliphatic carbocycles. The standard InChI is InChI=1S/C13H20INO2/c1-10-4-5-13(12(14)8-10)17-7-3-6-15-9-11(2)16/h4-5,8,11,15-16H,3,6-7,9H2,1-2H3/p+1/t11-/m1/s1. The number of ether oxygens (including phenoxy) is 1. The fourth-order valence-electron chi connectivity index (χ4n) is 1.49. The van der Waals surface area contributed by atoms with E-state index in [1.165, 1.54) is 5.56 Å². The first-order valence-electron chi connectivity index (χ1n) is 5.98. The maximum Gasteiger partial charge on any atom is 0.132 e. The van der Waals surface area contributed by atoms with E-state index in [1.807, 2.05) is 13.0 Å². The summed E-state index contributed by atoms with van der Waals surface area (Å²) in [5.41, 5.74) is 1.26. The summed E-state index contributed by atoms with van der Waals surface area (Å²) in [4.78, 5) is 0. The highest BCUT2D eigenvalue weighted by Gasteiger charge is 2.01. The highest BCUT2D eigenvalue weighted by molar-refractivity contribution is 14.1. The van der Waals surface area contributed by atoms with Gasteiger partial charge in [-0.05, 0) is 54.1 Å². The molecule has 1 rings (SSSR count). The molecule has 0 unspecified atom stereocenters. The van der Waals surface area contributed by atoms with Gasteiger partial charge in [-0.2, -0.15) is 0 Å². The molecule has 3 N–H and O–H groups in total. The van der Waals surface area contributed by atoms with E-state index >= 15 is 0 Å². The van der Waals surface area contributed by atoms with Crippen molar-refractivity contribution in [3.8, 4) is 5.75 Å². The number of hydrogen-bond donors (Lipinski definition) is 2. The molecule has 0 saturated heterocycles. The van der Waals surface area contributed by atoms with Crippen molar-refractivity contribution in [3.05, 3.63) is 27.3 Å². The molecule has 0 amide bonds. The zero-order valence-electron chi connectivity index (χ0n) is 10.4. The van der Waals surface area contributed by atoms with E-state index in [0.717, 1.165) is 35.4 Å². The number of rotatable bonds is 7. The summed E-state index contributed by atoms with van der Waals surface area (Å²) in [5.74, 6) is 0.965. The van der Waals surface area contributed by atoms with E-state index in [0.29, 0.717) is 0 Å². The van der Waals surface area contributed by atoms with Crippen LogP contribution >= 0.6 is 22.6 Å². The highest BCUT2D eigenvalue weighted by Crippen LogP contribution is 2.21. The average molecular weight is 350 g/mol. The topological polar surface area (TPSA) is 46.1 Å². The van der Waals surface area contributed by atoms with Crippen molar-refractivity contribution in [1.29, 1.82) is 0 Å². The largest absolute Gasteiger partial charge is 0.492 e. The second kappa shape index (κ2) is 7.89. The molecule has 0 heterocycles. The Labute approximate surface area is 117 Å². The van der Waals surface area contributed by atoms with Crippen molar-refractivity contribution in [2.75, 3.05) is 19.7 Å². The molecule has 0 radical (unpaired) electrons. The van der Waals surface area contributed by atoms with Gasteiger partial charge in [-0.25, -0.2) is 0 Å². The van der Waals surface area contributed by atoms with Crippen molar-refractivity contribution in [2.24, 2.45) is 0 Å². The predicted octanol–water partition coefficient (Wildman–Crippen LogP) is 1.31. The molecule has 1 aromatic rings. The van der Waals surface area contributed by atoms with Gasteiger partial charge in [0.05, 0.1) is 22.8 Å². The Morgan fingerprint density at radius 3 is 2.88 bits per heavy atom. The molecular weight excluding hydrogens is 329 g/mol. The van der Waals surface area contributed by atoms with Gasteiger partial charge in [0.2, 0.25) is 0 Å². The van der Waals surface area contributed by atoms with Crippen molar-refractivity contribution >= 4 is 22.6 Å². The number of benzene rings is 1. The lowest BCUT2D eigenvalue weighted by atomic mass is 10.2. The molecule has 0 fully saturated rings. The number of aryl methyl sites for hydroxylation is 1. The number of aliphatic hydroxyl groups excluding tert-OH is 1. The van der Waals surface area contributed by atoms with E-state index in [1.54, 1.807) is 0 Å². The number of aliphatic hydroxyl groups is 1. The van der Waals surface area contributed by atoms with Crippen molar-refractivity contribution in [2.45, 2.75) is 26.4 Å². The van der Waals surface area contributed by atoms with Gasteiger partial charge < -0.3 is 15.2 Å². The normalized spacial score (nSPS) is 12.5. The third-order valence-electron chi connectivity index (χ3n) is 2.41. The second-order valence-electron chi connectivity index (χ2n) is 4.30. The molecule has 96 valence electrons. The maximum atomic E-state index is 9.09. The summed E-state index contributed by atoms with van der Waals surface area (Å²) in [5, 5.41) is 11.2. The highest BCUT2D eigenvalue weighted by atomic mass is 127. The Morgan fingerprint density at radius 1 is 1.47 bits per heavy atom. The molecule has 0 spiro atoms. The fraction of sp³-hybridized carbons (Fsp3) is 0.538. The Hall–Kier alpha value is -0.330. The Balaban J connectivity index is 2.18. The van der Waals surface area contributed by atoms with E-state index in [4.69, 9.17) is 9.84 Å². The zero-order chi connectivity index (χ0) is 12.7. The second-order valence-corrected chi connectivity index (χ2v) is 5.46. The lowest BCUT2D eigenvalue weighted by Gasteiger charge is -2.08. The van der Waals surface area contributed by atoms with Crippen LogP contribution in [0.1, 0.15) is 18.9 Å². The van der Waals surface area contributed by atoms with Gasteiger partial charge in [-0.1, -0.05) is 6.07 Å². The first-order valence-corrected chi connectivity index (χ1v) is 7.06. The molecule has 0 saturated carbocycles. The van der Waals surface area contributed by atoms with Gasteiger partial charge >= 0.3 is 0 Å². The van der Waals surface area contributed by atoms with Gasteiger partial charge in [0.1, 0.15) is 12.3 Å². The fourth-order valence-corrected chi connectivity index (χ4v) is 2.32. The minimum Gasteiger partial charge on any atom is -0.492 e. The third-order valence-corrected chi connectivity index (χ3v) is 3.25. The number of nitrogens with two attached hydrogens (primary N) is 1. The van der Waals surface area contributed by atoms with Crippen molar-refractivity contribution in [3.63, 3.8) is 0 Å². The van der Waals surface area contributed by atoms with E-state index < -0.39 is 0 Å². The van der Waals surface area contributed by atoms with Gasteiger partial charge in [0, 0.05) is 6.42 Å². The Bertz CT molecular complexity index is 342. The molecule has 4 heteroatoms. The van der Waals surface area contributed by atoms with Gasteiger partial charge in [0.15, 0.2) is 0 Å². The summed E-state index contributed by atoms with van der Waals surface area (Å²) in [7, 11) is 0. The van der Waals surface area contributed by atoms with Crippen LogP contribution in [0.25, 0.3) is 0 Å². The molecule has 1 atom stereocenters. The van der Waals surface area contributed by atoms with Crippen LogP contribution in [0.15, 0.2) is 18.2 Å². The minimum atomic E-state index is -0.228. The predicted molar refractivity (Wildman–Crippen MR) is 77.3 cm³/mol. The molecule has 3 nitrogen and oxygen atoms in total. The number of hydrogen-bond acceptors (Lipinski definition) is 2. The van der Waals surface area contributed by atoms with Gasteiger partial charge in [-0.3, -0.25) is 0 Å². The smallest absolute Gasteiger partial charge is 0.132 e. The molecule has 0 aliphatic rings. The van der Waals surface area contributed by atoms with Crippen molar-refractivity contribution in [1.82, 2.24) is 0 Å². The van der Waals surface area contributed by atoms with Crippen LogP contribution < -0.4 is 10.1 Å². The monoisotopic (exact) mass is 350 g/mol. The summed E-state index contributed by atoms with van der Waals surface area (Å²) in [6.07, 6.45) is 0.769. The lowest BCUT2D eigenvalue weighted by molar-refractivity contribution is -0.660. The van der Waals surface area contributed by atoms with Crippen LogP contribution in [-0.2, 0) is 0 Å². The quantitative estimate of drug-likeness (QED) is 0.576. The van der Waals surface area contributed by atoms with Crippen LogP contribution in [0.4, 0.5) is 0 Å². The lowest BCUT2D eigenvalue weighted by Crippen LogP contribution is -2.86. The number of halogens is 1.